The third-order valence-electron chi connectivity index (χ3n) is 8.47. The molecule has 2 atom stereocenters. The first-order chi connectivity index (χ1) is 16.8. The number of aromatic nitrogens is 1. The van der Waals surface area contributed by atoms with E-state index in [0.717, 1.165) is 31.2 Å². The van der Waals surface area contributed by atoms with Crippen molar-refractivity contribution in [3.63, 3.8) is 0 Å². The Morgan fingerprint density at radius 1 is 0.971 bits per heavy atom. The monoisotopic (exact) mass is 485 g/mol. The van der Waals surface area contributed by atoms with Gasteiger partial charge in [-0.1, -0.05) is 70.3 Å². The lowest BCUT2D eigenvalue weighted by Crippen LogP contribution is -2.58. The summed E-state index contributed by atoms with van der Waals surface area (Å²) < 4.78 is 0. The molecular weight excluding hydrogens is 438 g/mol. The van der Waals surface area contributed by atoms with E-state index in [2.05, 4.69) is 34.4 Å². The first-order valence-corrected chi connectivity index (χ1v) is 13.8. The van der Waals surface area contributed by atoms with Crippen molar-refractivity contribution < 1.29 is 9.59 Å². The average molecular weight is 486 g/mol. The fourth-order valence-corrected chi connectivity index (χ4v) is 6.05. The molecule has 1 aromatic heterocycles. The summed E-state index contributed by atoms with van der Waals surface area (Å²) in [5, 5.41) is 6.39. The van der Waals surface area contributed by atoms with Crippen molar-refractivity contribution in [2.45, 2.75) is 110 Å². The number of carbonyl (C=O) groups excluding carboxylic acids is 2. The minimum Gasteiger partial charge on any atom is -0.384 e. The SMILES string of the molecule is CC(C)N(C)C(C)C(=O)N[C@@H](C(=O)NCc1ccc(N)nc1)C(C1CCCCC1)C1CCCCC1. The highest BCUT2D eigenvalue weighted by Gasteiger charge is 2.41. The van der Waals surface area contributed by atoms with E-state index in [1.165, 1.54) is 38.5 Å². The first-order valence-electron chi connectivity index (χ1n) is 13.8. The van der Waals surface area contributed by atoms with Gasteiger partial charge >= 0.3 is 0 Å². The Labute approximate surface area is 212 Å². The predicted molar refractivity (Wildman–Crippen MR) is 141 cm³/mol. The molecule has 4 N–H and O–H groups in total. The predicted octanol–water partition coefficient (Wildman–Crippen LogP) is 4.27. The lowest BCUT2D eigenvalue weighted by atomic mass is 9.66. The third-order valence-corrected chi connectivity index (χ3v) is 8.47. The van der Waals surface area contributed by atoms with E-state index in [-0.39, 0.29) is 29.8 Å². The van der Waals surface area contributed by atoms with Gasteiger partial charge in [-0.15, -0.1) is 0 Å². The van der Waals surface area contributed by atoms with Crippen molar-refractivity contribution in [1.82, 2.24) is 20.5 Å². The summed E-state index contributed by atoms with van der Waals surface area (Å²) in [5.41, 5.74) is 6.61. The maximum absolute atomic E-state index is 13.8. The molecule has 0 radical (unpaired) electrons. The minimum absolute atomic E-state index is 0.0629. The van der Waals surface area contributed by atoms with Crippen LogP contribution in [0.5, 0.6) is 0 Å². The Hall–Kier alpha value is -2.15. The number of likely N-dealkylation sites (N-methyl/N-ethyl adjacent to an activating group) is 1. The van der Waals surface area contributed by atoms with Crippen molar-refractivity contribution in [3.8, 4) is 0 Å². The van der Waals surface area contributed by atoms with Crippen LogP contribution in [-0.4, -0.2) is 46.9 Å². The summed E-state index contributed by atoms with van der Waals surface area (Å²) in [7, 11) is 1.97. The number of nitrogens with one attached hydrogen (secondary N) is 2. The van der Waals surface area contributed by atoms with Gasteiger partial charge in [0.05, 0.1) is 6.04 Å². The number of pyridine rings is 1. The van der Waals surface area contributed by atoms with Crippen LogP contribution in [0.2, 0.25) is 0 Å². The number of anilines is 1. The van der Waals surface area contributed by atoms with Crippen LogP contribution in [0.25, 0.3) is 0 Å². The molecule has 2 fully saturated rings. The topological polar surface area (TPSA) is 100 Å². The third kappa shape index (κ3) is 7.66. The number of hydrogen-bond acceptors (Lipinski definition) is 5. The van der Waals surface area contributed by atoms with Crippen molar-refractivity contribution in [2.75, 3.05) is 12.8 Å². The second-order valence-corrected chi connectivity index (χ2v) is 11.1. The summed E-state index contributed by atoms with van der Waals surface area (Å²) in [6.45, 7) is 6.48. The molecule has 2 saturated carbocycles. The summed E-state index contributed by atoms with van der Waals surface area (Å²) in [6, 6.07) is 3.06. The van der Waals surface area contributed by atoms with Crippen LogP contribution in [0.1, 0.15) is 90.5 Å². The summed E-state index contributed by atoms with van der Waals surface area (Å²) in [5.74, 6) is 1.48. The van der Waals surface area contributed by atoms with E-state index >= 15 is 0 Å². The second kappa shape index (κ2) is 13.2. The van der Waals surface area contributed by atoms with Crippen LogP contribution < -0.4 is 16.4 Å². The fourth-order valence-electron chi connectivity index (χ4n) is 6.05. The molecule has 7 heteroatoms. The molecule has 0 aromatic carbocycles. The Morgan fingerprint density at radius 2 is 1.54 bits per heavy atom. The molecule has 35 heavy (non-hydrogen) atoms. The standard InChI is InChI=1S/C28H47N5O2/c1-19(2)33(4)20(3)27(34)32-26(28(35)31-18-21-15-16-24(29)30-17-21)25(22-11-7-5-8-12-22)23-13-9-6-10-14-23/h15-17,19-20,22-23,25-26H,5-14,18H2,1-4H3,(H2,29,30)(H,31,35)(H,32,34)/t20?,26-/m1/s1. The van der Waals surface area contributed by atoms with Gasteiger partial charge in [0.2, 0.25) is 11.8 Å². The lowest BCUT2D eigenvalue weighted by Gasteiger charge is -2.42. The number of nitrogen functional groups attached to an aromatic ring is 1. The van der Waals surface area contributed by atoms with Crippen LogP contribution in [0, 0.1) is 17.8 Å². The van der Waals surface area contributed by atoms with Crippen LogP contribution in [0.3, 0.4) is 0 Å². The normalized spacial score (nSPS) is 19.6. The molecule has 2 aliphatic rings. The first kappa shape index (κ1) is 27.4. The van der Waals surface area contributed by atoms with Gasteiger partial charge in [-0.2, -0.15) is 0 Å². The zero-order valence-corrected chi connectivity index (χ0v) is 22.3. The molecule has 3 rings (SSSR count). The Kier molecular flexibility index (Phi) is 10.4. The highest BCUT2D eigenvalue weighted by Crippen LogP contribution is 2.42. The van der Waals surface area contributed by atoms with Gasteiger partial charge in [-0.25, -0.2) is 4.98 Å². The molecule has 2 amide bonds. The van der Waals surface area contributed by atoms with Gasteiger partial charge in [-0.3, -0.25) is 14.5 Å². The van der Waals surface area contributed by atoms with Crippen molar-refractivity contribution >= 4 is 17.6 Å². The van der Waals surface area contributed by atoms with E-state index in [0.29, 0.717) is 24.2 Å². The zero-order chi connectivity index (χ0) is 25.4. The van der Waals surface area contributed by atoms with Gasteiger partial charge in [-0.05, 0) is 57.2 Å². The molecule has 0 aliphatic heterocycles. The van der Waals surface area contributed by atoms with Crippen molar-refractivity contribution in [3.05, 3.63) is 23.9 Å². The largest absolute Gasteiger partial charge is 0.384 e. The summed E-state index contributed by atoms with van der Waals surface area (Å²) in [4.78, 5) is 33.4. The summed E-state index contributed by atoms with van der Waals surface area (Å²) >= 11 is 0. The van der Waals surface area contributed by atoms with E-state index in [9.17, 15) is 9.59 Å². The fraction of sp³-hybridized carbons (Fsp3) is 0.750. The number of nitrogens with zero attached hydrogens (tertiary/aromatic N) is 2. The molecule has 1 aromatic rings. The van der Waals surface area contributed by atoms with Gasteiger partial charge < -0.3 is 16.4 Å². The van der Waals surface area contributed by atoms with Crippen molar-refractivity contribution in [1.29, 1.82) is 0 Å². The number of amides is 2. The van der Waals surface area contributed by atoms with Crippen LogP contribution in [0.4, 0.5) is 5.82 Å². The zero-order valence-electron chi connectivity index (χ0n) is 22.3. The van der Waals surface area contributed by atoms with Crippen LogP contribution in [-0.2, 0) is 16.1 Å². The molecule has 1 heterocycles. The second-order valence-electron chi connectivity index (χ2n) is 11.1. The van der Waals surface area contributed by atoms with E-state index in [4.69, 9.17) is 5.73 Å². The number of nitrogens with two attached hydrogens (primary N) is 1. The highest BCUT2D eigenvalue weighted by molar-refractivity contribution is 5.90. The molecule has 0 saturated heterocycles. The molecule has 7 nitrogen and oxygen atoms in total. The van der Waals surface area contributed by atoms with Crippen molar-refractivity contribution in [2.24, 2.45) is 17.8 Å². The van der Waals surface area contributed by atoms with E-state index in [1.54, 1.807) is 12.3 Å². The highest BCUT2D eigenvalue weighted by atomic mass is 16.2. The molecule has 2 aliphatic carbocycles. The Bertz CT molecular complexity index is 782. The number of rotatable bonds is 10. The smallest absolute Gasteiger partial charge is 0.243 e. The molecular formula is C28H47N5O2. The lowest BCUT2D eigenvalue weighted by molar-refractivity contribution is -0.134. The molecule has 1 unspecified atom stereocenters. The van der Waals surface area contributed by atoms with Gasteiger partial charge in [0.1, 0.15) is 11.9 Å². The van der Waals surface area contributed by atoms with E-state index in [1.807, 2.05) is 20.0 Å². The van der Waals surface area contributed by atoms with Crippen LogP contribution >= 0.6 is 0 Å². The van der Waals surface area contributed by atoms with Gasteiger partial charge in [0.15, 0.2) is 0 Å². The van der Waals surface area contributed by atoms with Gasteiger partial charge in [0, 0.05) is 18.8 Å². The number of carbonyl (C=O) groups is 2. The Morgan fingerprint density at radius 3 is 2.03 bits per heavy atom. The Balaban J connectivity index is 1.84. The maximum Gasteiger partial charge on any atom is 0.243 e. The van der Waals surface area contributed by atoms with E-state index < -0.39 is 6.04 Å². The summed E-state index contributed by atoms with van der Waals surface area (Å²) in [6.07, 6.45) is 13.8. The quantitative estimate of drug-likeness (QED) is 0.459. The molecule has 0 spiro atoms. The minimum atomic E-state index is -0.515. The maximum atomic E-state index is 13.8. The van der Waals surface area contributed by atoms with Gasteiger partial charge in [0.25, 0.3) is 0 Å². The number of hydrogen-bond donors (Lipinski definition) is 3. The molecule has 0 bridgehead atoms. The average Bonchev–Trinajstić information content (AvgIpc) is 2.88. The van der Waals surface area contributed by atoms with Crippen LogP contribution in [0.15, 0.2) is 18.3 Å². The molecule has 196 valence electrons.